The van der Waals surface area contributed by atoms with E-state index >= 15 is 0 Å². The SMILES string of the molecule is Cc1c(N2CCc3ncc(-c4cnc5ccccc5c4)cc3C2)nn2c(=O)ccnc2c1C. The van der Waals surface area contributed by atoms with Crippen LogP contribution in [0.4, 0.5) is 5.82 Å². The van der Waals surface area contributed by atoms with Crippen LogP contribution in [0.15, 0.2) is 65.8 Å². The van der Waals surface area contributed by atoms with Gasteiger partial charge >= 0.3 is 0 Å². The number of para-hydroxylation sites is 1. The molecule has 0 fully saturated rings. The summed E-state index contributed by atoms with van der Waals surface area (Å²) in [5.41, 5.74) is 7.81. The number of pyridine rings is 2. The predicted molar refractivity (Wildman–Crippen MR) is 128 cm³/mol. The van der Waals surface area contributed by atoms with Crippen molar-refractivity contribution in [2.24, 2.45) is 0 Å². The number of hydrogen-bond acceptors (Lipinski definition) is 6. The molecule has 6 rings (SSSR count). The van der Waals surface area contributed by atoms with E-state index in [2.05, 4.69) is 38.2 Å². The lowest BCUT2D eigenvalue weighted by Gasteiger charge is -2.31. The molecule has 0 bridgehead atoms. The van der Waals surface area contributed by atoms with Gasteiger partial charge in [-0.1, -0.05) is 18.2 Å². The first-order valence-electron chi connectivity index (χ1n) is 11.0. The van der Waals surface area contributed by atoms with E-state index in [1.54, 1.807) is 0 Å². The first kappa shape index (κ1) is 19.5. The zero-order valence-corrected chi connectivity index (χ0v) is 18.5. The molecule has 0 saturated carbocycles. The second-order valence-electron chi connectivity index (χ2n) is 8.51. The van der Waals surface area contributed by atoms with E-state index < -0.39 is 0 Å². The molecule has 33 heavy (non-hydrogen) atoms. The first-order chi connectivity index (χ1) is 16.1. The highest BCUT2D eigenvalue weighted by atomic mass is 16.1. The zero-order chi connectivity index (χ0) is 22.5. The molecule has 1 aliphatic heterocycles. The second kappa shape index (κ2) is 7.48. The van der Waals surface area contributed by atoms with Crippen LogP contribution in [0.5, 0.6) is 0 Å². The fourth-order valence-corrected chi connectivity index (χ4v) is 4.55. The zero-order valence-electron chi connectivity index (χ0n) is 18.5. The van der Waals surface area contributed by atoms with Gasteiger partial charge in [0.1, 0.15) is 0 Å². The maximum absolute atomic E-state index is 12.4. The van der Waals surface area contributed by atoms with Gasteiger partial charge < -0.3 is 4.90 Å². The summed E-state index contributed by atoms with van der Waals surface area (Å²) in [6.45, 7) is 5.52. The molecule has 0 spiro atoms. The average molecular weight is 435 g/mol. The second-order valence-corrected chi connectivity index (χ2v) is 8.51. The van der Waals surface area contributed by atoms with E-state index in [0.717, 1.165) is 57.6 Å². The smallest absolute Gasteiger partial charge is 0.274 e. The standard InChI is InChI=1S/C26H22N6O/c1-16-17(2)26(30-32-24(33)7-9-27-25(16)32)31-10-8-23-21(15-31)12-20(14-29-23)19-11-18-5-3-4-6-22(18)28-13-19/h3-7,9,11-14H,8,10,15H2,1-2H3. The van der Waals surface area contributed by atoms with Gasteiger partial charge in [-0.25, -0.2) is 4.98 Å². The summed E-state index contributed by atoms with van der Waals surface area (Å²) < 4.78 is 1.41. The van der Waals surface area contributed by atoms with Crippen LogP contribution in [0.1, 0.15) is 22.4 Å². The maximum Gasteiger partial charge on any atom is 0.274 e. The van der Waals surface area contributed by atoms with Crippen LogP contribution in [0.25, 0.3) is 27.7 Å². The molecule has 1 aliphatic rings. The Kier molecular flexibility index (Phi) is 4.43. The lowest BCUT2D eigenvalue weighted by molar-refractivity contribution is 0.684. The van der Waals surface area contributed by atoms with Crippen LogP contribution in [-0.4, -0.2) is 31.1 Å². The van der Waals surface area contributed by atoms with Crippen molar-refractivity contribution < 1.29 is 0 Å². The van der Waals surface area contributed by atoms with Crippen LogP contribution in [0, 0.1) is 13.8 Å². The van der Waals surface area contributed by atoms with Crippen LogP contribution in [0.3, 0.4) is 0 Å². The van der Waals surface area contributed by atoms with Crippen molar-refractivity contribution >= 4 is 22.4 Å². The minimum atomic E-state index is -0.172. The van der Waals surface area contributed by atoms with Crippen LogP contribution >= 0.6 is 0 Å². The van der Waals surface area contributed by atoms with Gasteiger partial charge in [0.25, 0.3) is 5.56 Å². The Morgan fingerprint density at radius 1 is 0.909 bits per heavy atom. The summed E-state index contributed by atoms with van der Waals surface area (Å²) >= 11 is 0. The minimum Gasteiger partial charge on any atom is -0.350 e. The summed E-state index contributed by atoms with van der Waals surface area (Å²) in [7, 11) is 0. The van der Waals surface area contributed by atoms with Crippen LogP contribution in [-0.2, 0) is 13.0 Å². The number of benzene rings is 1. The fourth-order valence-electron chi connectivity index (χ4n) is 4.55. The number of rotatable bonds is 2. The van der Waals surface area contributed by atoms with Crippen molar-refractivity contribution in [2.75, 3.05) is 11.4 Å². The van der Waals surface area contributed by atoms with Gasteiger partial charge in [0.15, 0.2) is 11.5 Å². The summed E-state index contributed by atoms with van der Waals surface area (Å²) in [5, 5.41) is 5.79. The Morgan fingerprint density at radius 2 is 1.73 bits per heavy atom. The van der Waals surface area contributed by atoms with Crippen molar-refractivity contribution in [1.82, 2.24) is 24.6 Å². The lowest BCUT2D eigenvalue weighted by atomic mass is 10.00. The third kappa shape index (κ3) is 3.24. The normalized spacial score (nSPS) is 13.5. The first-order valence-corrected chi connectivity index (χ1v) is 11.0. The number of hydrogen-bond donors (Lipinski definition) is 0. The third-order valence-corrected chi connectivity index (χ3v) is 6.51. The molecule has 0 unspecified atom stereocenters. The molecule has 0 radical (unpaired) electrons. The molecule has 0 atom stereocenters. The Bertz CT molecular complexity index is 1610. The van der Waals surface area contributed by atoms with E-state index in [1.807, 2.05) is 44.4 Å². The van der Waals surface area contributed by atoms with Crippen molar-refractivity contribution in [3.63, 3.8) is 0 Å². The Balaban J connectivity index is 1.39. The number of aryl methyl sites for hydroxylation is 1. The Hall–Kier alpha value is -4.13. The van der Waals surface area contributed by atoms with Gasteiger partial charge in [-0.15, -0.1) is 5.10 Å². The average Bonchev–Trinajstić information content (AvgIpc) is 2.85. The van der Waals surface area contributed by atoms with Gasteiger partial charge in [-0.2, -0.15) is 4.52 Å². The molecule has 0 amide bonds. The van der Waals surface area contributed by atoms with Gasteiger partial charge in [0.05, 0.1) is 5.52 Å². The quantitative estimate of drug-likeness (QED) is 0.420. The van der Waals surface area contributed by atoms with E-state index in [1.165, 1.54) is 22.3 Å². The molecular weight excluding hydrogens is 412 g/mol. The molecule has 0 saturated heterocycles. The Morgan fingerprint density at radius 3 is 2.64 bits per heavy atom. The van der Waals surface area contributed by atoms with E-state index in [4.69, 9.17) is 4.98 Å². The molecule has 4 aromatic heterocycles. The monoisotopic (exact) mass is 434 g/mol. The summed E-state index contributed by atoms with van der Waals surface area (Å²) in [6, 6.07) is 13.9. The summed E-state index contributed by atoms with van der Waals surface area (Å²) in [4.78, 5) is 28.4. The largest absolute Gasteiger partial charge is 0.350 e. The third-order valence-electron chi connectivity index (χ3n) is 6.51. The molecule has 1 aromatic carbocycles. The number of aromatic nitrogens is 5. The fraction of sp³-hybridized carbons (Fsp3) is 0.192. The van der Waals surface area contributed by atoms with Crippen molar-refractivity contribution in [1.29, 1.82) is 0 Å². The number of nitrogens with zero attached hydrogens (tertiary/aromatic N) is 6. The van der Waals surface area contributed by atoms with Gasteiger partial charge in [-0.3, -0.25) is 14.8 Å². The maximum atomic E-state index is 12.4. The molecule has 7 heteroatoms. The van der Waals surface area contributed by atoms with Gasteiger partial charge in [0.2, 0.25) is 0 Å². The number of fused-ring (bicyclic) bond motifs is 3. The predicted octanol–water partition coefficient (Wildman–Crippen LogP) is 3.88. The summed E-state index contributed by atoms with van der Waals surface area (Å²) in [5.74, 6) is 0.818. The van der Waals surface area contributed by atoms with Gasteiger partial charge in [0, 0.05) is 77.5 Å². The molecule has 162 valence electrons. The minimum absolute atomic E-state index is 0.172. The topological polar surface area (TPSA) is 76.3 Å². The Labute approximate surface area is 190 Å². The molecule has 7 nitrogen and oxygen atoms in total. The highest BCUT2D eigenvalue weighted by molar-refractivity contribution is 5.83. The molecule has 5 heterocycles. The lowest BCUT2D eigenvalue weighted by Crippen LogP contribution is -2.33. The van der Waals surface area contributed by atoms with E-state index in [0.29, 0.717) is 12.2 Å². The summed E-state index contributed by atoms with van der Waals surface area (Å²) in [6.07, 6.45) is 6.21. The van der Waals surface area contributed by atoms with Crippen LogP contribution in [0.2, 0.25) is 0 Å². The highest BCUT2D eigenvalue weighted by Crippen LogP contribution is 2.30. The van der Waals surface area contributed by atoms with E-state index in [-0.39, 0.29) is 5.56 Å². The molecular formula is C26H22N6O. The highest BCUT2D eigenvalue weighted by Gasteiger charge is 2.23. The van der Waals surface area contributed by atoms with E-state index in [9.17, 15) is 4.79 Å². The molecule has 5 aromatic rings. The van der Waals surface area contributed by atoms with Crippen molar-refractivity contribution in [3.8, 4) is 11.1 Å². The van der Waals surface area contributed by atoms with Gasteiger partial charge in [-0.05, 0) is 37.6 Å². The van der Waals surface area contributed by atoms with Crippen LogP contribution < -0.4 is 10.5 Å². The molecule has 0 aliphatic carbocycles. The molecule has 0 N–H and O–H groups in total. The van der Waals surface area contributed by atoms with Crippen molar-refractivity contribution in [3.05, 3.63) is 93.8 Å². The van der Waals surface area contributed by atoms with Crippen molar-refractivity contribution in [2.45, 2.75) is 26.8 Å². The number of anilines is 1.